The van der Waals surface area contributed by atoms with E-state index in [1.165, 1.54) is 43.8 Å². The second-order valence-electron chi connectivity index (χ2n) is 3.83. The smallest absolute Gasteiger partial charge is 0.263 e. The Morgan fingerprint density at radius 2 is 2.05 bits per heavy atom. The fraction of sp³-hybridized carbons (Fsp3) is 0.0833. The van der Waals surface area contributed by atoms with Gasteiger partial charge in [-0.1, -0.05) is 0 Å². The molecule has 0 aliphatic carbocycles. The van der Waals surface area contributed by atoms with Crippen LogP contribution in [0.5, 0.6) is 11.5 Å². The van der Waals surface area contributed by atoms with Crippen molar-refractivity contribution >= 4 is 31.6 Å². The summed E-state index contributed by atoms with van der Waals surface area (Å²) < 4.78 is 32.2. The molecule has 0 aliphatic rings. The third-order valence-electron chi connectivity index (χ3n) is 2.44. The van der Waals surface area contributed by atoms with Crippen LogP contribution >= 0.6 is 15.9 Å². The summed E-state index contributed by atoms with van der Waals surface area (Å²) in [6, 6.07) is 5.66. The number of methoxy groups -OCH3 is 1. The molecule has 106 valence electrons. The van der Waals surface area contributed by atoms with Crippen LogP contribution in [0.2, 0.25) is 0 Å². The molecule has 1 aromatic carbocycles. The van der Waals surface area contributed by atoms with Crippen LogP contribution < -0.4 is 9.46 Å². The maximum atomic E-state index is 12.2. The normalized spacial score (nSPS) is 11.1. The van der Waals surface area contributed by atoms with Gasteiger partial charge >= 0.3 is 0 Å². The fourth-order valence-electron chi connectivity index (χ4n) is 1.47. The molecule has 1 aromatic heterocycles. The number of ether oxygens (including phenoxy) is 1. The molecule has 2 aromatic rings. The second kappa shape index (κ2) is 5.68. The van der Waals surface area contributed by atoms with E-state index >= 15 is 0 Å². The maximum Gasteiger partial charge on any atom is 0.263 e. The van der Waals surface area contributed by atoms with Crippen LogP contribution in [0.3, 0.4) is 0 Å². The van der Waals surface area contributed by atoms with Gasteiger partial charge in [0, 0.05) is 22.9 Å². The minimum Gasteiger partial charge on any atom is -0.506 e. The Hall–Kier alpha value is -1.80. The number of aromatic hydroxyl groups is 1. The van der Waals surface area contributed by atoms with E-state index in [-0.39, 0.29) is 16.3 Å². The SMILES string of the molecule is COc1ccc(O)c(NS(=O)(=O)c2cncc(Br)c2)c1. The average Bonchev–Trinajstić information content (AvgIpc) is 2.41. The zero-order valence-electron chi connectivity index (χ0n) is 10.4. The van der Waals surface area contributed by atoms with E-state index in [1.807, 2.05) is 0 Å². The molecule has 8 heteroatoms. The number of nitrogens with zero attached hydrogens (tertiary/aromatic N) is 1. The van der Waals surface area contributed by atoms with Crippen LogP contribution in [0.15, 0.2) is 46.0 Å². The van der Waals surface area contributed by atoms with Crippen LogP contribution in [0.1, 0.15) is 0 Å². The van der Waals surface area contributed by atoms with Gasteiger partial charge in [0.15, 0.2) is 0 Å². The van der Waals surface area contributed by atoms with Gasteiger partial charge in [0.25, 0.3) is 10.0 Å². The molecule has 20 heavy (non-hydrogen) atoms. The minimum absolute atomic E-state index is 0.0194. The standard InChI is InChI=1S/C12H11BrN2O4S/c1-19-9-2-3-12(16)11(5-9)15-20(17,18)10-4-8(13)6-14-7-10/h2-7,15-16H,1H3. The summed E-state index contributed by atoms with van der Waals surface area (Å²) >= 11 is 3.15. The Morgan fingerprint density at radius 1 is 1.30 bits per heavy atom. The predicted molar refractivity (Wildman–Crippen MR) is 77.4 cm³/mol. The van der Waals surface area contributed by atoms with Crippen LogP contribution in [0, 0.1) is 0 Å². The molecule has 2 N–H and O–H groups in total. The molecule has 2 rings (SSSR count). The van der Waals surface area contributed by atoms with Crippen LogP contribution in [-0.4, -0.2) is 25.6 Å². The van der Waals surface area contributed by atoms with E-state index in [9.17, 15) is 13.5 Å². The predicted octanol–water partition coefficient (Wildman–Crippen LogP) is 2.36. The number of phenols is 1. The van der Waals surface area contributed by atoms with Crippen LogP contribution in [0.4, 0.5) is 5.69 Å². The van der Waals surface area contributed by atoms with Gasteiger partial charge in [-0.05, 0) is 34.1 Å². The van der Waals surface area contributed by atoms with Crippen molar-refractivity contribution in [3.05, 3.63) is 41.1 Å². The fourth-order valence-corrected chi connectivity index (χ4v) is 3.04. The molecule has 0 atom stereocenters. The molecule has 0 fully saturated rings. The lowest BCUT2D eigenvalue weighted by molar-refractivity contribution is 0.413. The van der Waals surface area contributed by atoms with Crippen LogP contribution in [-0.2, 0) is 10.0 Å². The van der Waals surface area contributed by atoms with Gasteiger partial charge in [0.1, 0.15) is 16.4 Å². The first-order chi connectivity index (χ1) is 9.42. The first kappa shape index (κ1) is 14.6. The van der Waals surface area contributed by atoms with Gasteiger partial charge in [-0.3, -0.25) is 9.71 Å². The Morgan fingerprint density at radius 3 is 2.70 bits per heavy atom. The molecule has 0 bridgehead atoms. The highest BCUT2D eigenvalue weighted by Gasteiger charge is 2.17. The van der Waals surface area contributed by atoms with Crippen molar-refractivity contribution in [2.45, 2.75) is 4.90 Å². The molecule has 0 saturated heterocycles. The summed E-state index contributed by atoms with van der Waals surface area (Å²) in [6.07, 6.45) is 2.69. The molecular formula is C12H11BrN2O4S. The highest BCUT2D eigenvalue weighted by atomic mass is 79.9. The van der Waals surface area contributed by atoms with Crippen molar-refractivity contribution in [1.82, 2.24) is 4.98 Å². The van der Waals surface area contributed by atoms with Gasteiger partial charge in [0.05, 0.1) is 12.8 Å². The topological polar surface area (TPSA) is 88.5 Å². The Kier molecular flexibility index (Phi) is 4.15. The monoisotopic (exact) mass is 358 g/mol. The van der Waals surface area contributed by atoms with Gasteiger partial charge in [0.2, 0.25) is 0 Å². The Labute approximate surface area is 124 Å². The number of hydrogen-bond donors (Lipinski definition) is 2. The van der Waals surface area contributed by atoms with E-state index in [0.717, 1.165) is 0 Å². The van der Waals surface area contributed by atoms with E-state index in [0.29, 0.717) is 10.2 Å². The number of aromatic nitrogens is 1. The maximum absolute atomic E-state index is 12.2. The summed E-state index contributed by atoms with van der Waals surface area (Å²) in [5, 5.41) is 9.69. The summed E-state index contributed by atoms with van der Waals surface area (Å²) in [4.78, 5) is 3.78. The highest BCUT2D eigenvalue weighted by Crippen LogP contribution is 2.30. The summed E-state index contributed by atoms with van der Waals surface area (Å²) in [5.74, 6) is 0.227. The summed E-state index contributed by atoms with van der Waals surface area (Å²) in [5.41, 5.74) is 0.0318. The zero-order valence-corrected chi connectivity index (χ0v) is 12.8. The van der Waals surface area contributed by atoms with E-state index in [1.54, 1.807) is 0 Å². The van der Waals surface area contributed by atoms with Crippen molar-refractivity contribution in [3.8, 4) is 11.5 Å². The number of benzene rings is 1. The Balaban J connectivity index is 2.38. The lowest BCUT2D eigenvalue weighted by Gasteiger charge is -2.10. The third-order valence-corrected chi connectivity index (χ3v) is 4.20. The molecule has 0 amide bonds. The first-order valence-corrected chi connectivity index (χ1v) is 7.70. The van der Waals surface area contributed by atoms with Crippen molar-refractivity contribution in [2.75, 3.05) is 11.8 Å². The first-order valence-electron chi connectivity index (χ1n) is 5.43. The lowest BCUT2D eigenvalue weighted by Crippen LogP contribution is -2.13. The molecule has 0 saturated carbocycles. The van der Waals surface area contributed by atoms with Gasteiger partial charge in [-0.2, -0.15) is 0 Å². The number of halogens is 1. The quantitative estimate of drug-likeness (QED) is 0.819. The number of hydrogen-bond acceptors (Lipinski definition) is 5. The van der Waals surface area contributed by atoms with Crippen molar-refractivity contribution in [1.29, 1.82) is 0 Å². The number of anilines is 1. The summed E-state index contributed by atoms with van der Waals surface area (Å²) in [7, 11) is -2.39. The number of nitrogens with one attached hydrogen (secondary N) is 1. The number of sulfonamides is 1. The third kappa shape index (κ3) is 3.20. The molecule has 0 spiro atoms. The van der Waals surface area contributed by atoms with E-state index < -0.39 is 10.0 Å². The number of rotatable bonds is 4. The molecule has 1 heterocycles. The molecule has 0 radical (unpaired) electrons. The molecule has 0 unspecified atom stereocenters. The number of phenolic OH excluding ortho intramolecular Hbond substituents is 1. The van der Waals surface area contributed by atoms with Gasteiger partial charge in [-0.15, -0.1) is 0 Å². The van der Waals surface area contributed by atoms with E-state index in [4.69, 9.17) is 4.74 Å². The molecule has 0 aliphatic heterocycles. The average molecular weight is 359 g/mol. The van der Waals surface area contributed by atoms with Crippen molar-refractivity contribution < 1.29 is 18.3 Å². The van der Waals surface area contributed by atoms with Crippen molar-refractivity contribution in [2.24, 2.45) is 0 Å². The lowest BCUT2D eigenvalue weighted by atomic mass is 10.3. The summed E-state index contributed by atoms with van der Waals surface area (Å²) in [6.45, 7) is 0. The van der Waals surface area contributed by atoms with E-state index in [2.05, 4.69) is 25.6 Å². The zero-order chi connectivity index (χ0) is 14.8. The van der Waals surface area contributed by atoms with Gasteiger partial charge in [-0.25, -0.2) is 8.42 Å². The second-order valence-corrected chi connectivity index (χ2v) is 6.43. The largest absolute Gasteiger partial charge is 0.506 e. The minimum atomic E-state index is -3.84. The number of pyridine rings is 1. The molecule has 6 nitrogen and oxygen atoms in total. The molecular weight excluding hydrogens is 348 g/mol. The van der Waals surface area contributed by atoms with Crippen LogP contribution in [0.25, 0.3) is 0 Å². The highest BCUT2D eigenvalue weighted by molar-refractivity contribution is 9.10. The van der Waals surface area contributed by atoms with Crippen molar-refractivity contribution in [3.63, 3.8) is 0 Å². The van der Waals surface area contributed by atoms with Gasteiger partial charge < -0.3 is 9.84 Å². The Bertz CT molecular complexity index is 734.